The highest BCUT2D eigenvalue weighted by atomic mass is 16.7. The molecule has 3 heterocycles. The molecule has 0 radical (unpaired) electrons. The van der Waals surface area contributed by atoms with Crippen LogP contribution in [0.5, 0.6) is 0 Å². The highest BCUT2D eigenvalue weighted by Gasteiger charge is 2.65. The van der Waals surface area contributed by atoms with Gasteiger partial charge in [-0.2, -0.15) is 6.20 Å². The highest BCUT2D eigenvalue weighted by molar-refractivity contribution is 5.90. The molecule has 2 aliphatic carbocycles. The summed E-state index contributed by atoms with van der Waals surface area (Å²) in [5.74, 6) is -3.16. The number of aliphatic hydroxyl groups is 3. The average molecular weight is 573 g/mol. The van der Waals surface area contributed by atoms with Crippen molar-refractivity contribution in [1.29, 1.82) is 0 Å². The summed E-state index contributed by atoms with van der Waals surface area (Å²) in [6.07, 6.45) is 5.68. The zero-order valence-electron chi connectivity index (χ0n) is 23.3. The van der Waals surface area contributed by atoms with Crippen LogP contribution in [0.2, 0.25) is 0 Å². The Bertz CT molecular complexity index is 1330. The van der Waals surface area contributed by atoms with Gasteiger partial charge >= 0.3 is 11.9 Å². The van der Waals surface area contributed by atoms with Crippen LogP contribution in [0.3, 0.4) is 0 Å². The molecule has 224 valence electrons. The fourth-order valence-corrected chi connectivity index (χ4v) is 7.26. The second-order valence-electron chi connectivity index (χ2n) is 11.5. The first-order valence-corrected chi connectivity index (χ1v) is 14.1. The Labute approximate surface area is 237 Å². The topological polar surface area (TPSA) is 166 Å². The molecule has 1 aromatic rings. The Morgan fingerprint density at radius 1 is 1.27 bits per heavy atom. The molecular weight excluding hydrogens is 534 g/mol. The van der Waals surface area contributed by atoms with Crippen LogP contribution in [0, 0.1) is 17.3 Å². The number of methoxy groups -OCH3 is 1. The first kappa shape index (κ1) is 29.5. The minimum Gasteiger partial charge on any atom is -0.661 e. The Kier molecular flexibility index (Phi) is 7.95. The SMILES string of the molecule is C=CC1C(CC(=O)O)C(C(=O)OC)=CC2(CCCC2)C1OC1OC(CO)C2(C=c3cc[n-]c3=CO2)C(O)C1(O)CC. The molecule has 4 N–H and O–H groups in total. The molecule has 8 unspecified atom stereocenters. The van der Waals surface area contributed by atoms with Gasteiger partial charge in [0.15, 0.2) is 11.9 Å². The number of fused-ring (bicyclic) bond motifs is 1. The predicted molar refractivity (Wildman–Crippen MR) is 144 cm³/mol. The molecule has 41 heavy (non-hydrogen) atoms. The lowest BCUT2D eigenvalue weighted by Crippen LogP contribution is -2.74. The molecule has 11 heteroatoms. The third kappa shape index (κ3) is 4.64. The van der Waals surface area contributed by atoms with Crippen molar-refractivity contribution in [2.45, 2.75) is 81.3 Å². The van der Waals surface area contributed by atoms with Gasteiger partial charge in [0.05, 0.1) is 32.5 Å². The summed E-state index contributed by atoms with van der Waals surface area (Å²) in [4.78, 5) is 29.0. The molecule has 0 amide bonds. The van der Waals surface area contributed by atoms with Crippen LogP contribution < -0.4 is 15.6 Å². The number of carbonyl (C=O) groups is 2. The van der Waals surface area contributed by atoms with Gasteiger partial charge in [-0.05, 0) is 30.6 Å². The standard InChI is InChI=1S/C30H38NO10/c1-4-18-19(12-23(33)34)20(25(35)38-3)14-28(9-6-7-10-28)24(18)41-27-29(37,5-2)26(36)30(22(15-32)40-27)13-17-8-11-31-21(17)16-39-30/h4,8,11,13-14,16,18-19,22,24,26-27,32,36-37H,1,5-7,9-10,12,15H2,2-3H3,(H,33,34)/q-1. The van der Waals surface area contributed by atoms with Crippen molar-refractivity contribution in [3.63, 3.8) is 0 Å². The zero-order chi connectivity index (χ0) is 29.6. The fourth-order valence-electron chi connectivity index (χ4n) is 7.26. The number of nitrogens with zero attached hydrogens (tertiary/aromatic N) is 1. The predicted octanol–water partition coefficient (Wildman–Crippen LogP) is 0.102. The normalized spacial score (nSPS) is 37.3. The van der Waals surface area contributed by atoms with Gasteiger partial charge in [-0.3, -0.25) is 4.79 Å². The minimum absolute atomic E-state index is 0.00231. The van der Waals surface area contributed by atoms with Gasteiger partial charge in [-0.15, -0.1) is 6.58 Å². The second kappa shape index (κ2) is 11.0. The molecule has 4 aliphatic rings. The molecular formula is C30H38NO10-. The van der Waals surface area contributed by atoms with E-state index in [1.165, 1.54) is 13.4 Å². The molecule has 1 saturated carbocycles. The summed E-state index contributed by atoms with van der Waals surface area (Å²) < 4.78 is 23.9. The number of hydrogen-bond acceptors (Lipinski definition) is 9. The molecule has 1 saturated heterocycles. The van der Waals surface area contributed by atoms with Crippen molar-refractivity contribution in [2.75, 3.05) is 13.7 Å². The van der Waals surface area contributed by atoms with E-state index in [9.17, 15) is 30.0 Å². The molecule has 1 aromatic heterocycles. The van der Waals surface area contributed by atoms with E-state index in [0.29, 0.717) is 23.4 Å². The summed E-state index contributed by atoms with van der Waals surface area (Å²) in [6, 6.07) is 1.74. The summed E-state index contributed by atoms with van der Waals surface area (Å²) in [5.41, 5.74) is -4.04. The van der Waals surface area contributed by atoms with Crippen molar-refractivity contribution in [2.24, 2.45) is 17.3 Å². The number of aromatic nitrogens is 1. The lowest BCUT2D eigenvalue weighted by atomic mass is 9.62. The maximum atomic E-state index is 12.9. The van der Waals surface area contributed by atoms with Gasteiger partial charge in [-0.25, -0.2) is 4.79 Å². The zero-order valence-corrected chi connectivity index (χ0v) is 23.3. The fraction of sp³-hybridized carbons (Fsp3) is 0.600. The van der Waals surface area contributed by atoms with Crippen LogP contribution in [0.15, 0.2) is 36.6 Å². The third-order valence-electron chi connectivity index (χ3n) is 9.47. The molecule has 2 spiro atoms. The van der Waals surface area contributed by atoms with Crippen LogP contribution in [-0.4, -0.2) is 81.9 Å². The summed E-state index contributed by atoms with van der Waals surface area (Å²) >= 11 is 0. The van der Waals surface area contributed by atoms with Crippen molar-refractivity contribution in [1.82, 2.24) is 4.98 Å². The van der Waals surface area contributed by atoms with Crippen molar-refractivity contribution in [3.05, 3.63) is 47.1 Å². The number of ether oxygens (including phenoxy) is 4. The third-order valence-corrected chi connectivity index (χ3v) is 9.47. The van der Waals surface area contributed by atoms with E-state index in [2.05, 4.69) is 11.6 Å². The van der Waals surface area contributed by atoms with E-state index in [-0.39, 0.29) is 18.4 Å². The van der Waals surface area contributed by atoms with Gasteiger partial charge in [0.25, 0.3) is 0 Å². The maximum Gasteiger partial charge on any atom is 0.333 e. The molecule has 5 rings (SSSR count). The Hall–Kier alpha value is -2.96. The maximum absolute atomic E-state index is 12.9. The van der Waals surface area contributed by atoms with Crippen LogP contribution in [0.4, 0.5) is 0 Å². The number of hydrogen-bond donors (Lipinski definition) is 4. The number of esters is 1. The van der Waals surface area contributed by atoms with E-state index in [4.69, 9.17) is 18.9 Å². The first-order valence-electron chi connectivity index (χ1n) is 14.1. The van der Waals surface area contributed by atoms with Crippen LogP contribution >= 0.6 is 0 Å². The van der Waals surface area contributed by atoms with E-state index in [0.717, 1.165) is 12.8 Å². The number of carboxylic acids is 1. The highest BCUT2D eigenvalue weighted by Crippen LogP contribution is 2.55. The average Bonchev–Trinajstić information content (AvgIpc) is 3.64. The van der Waals surface area contributed by atoms with Gasteiger partial charge in [0.2, 0.25) is 0 Å². The van der Waals surface area contributed by atoms with E-state index < -0.39 is 71.6 Å². The summed E-state index contributed by atoms with van der Waals surface area (Å²) in [5, 5.41) is 45.2. The molecule has 11 nitrogen and oxygen atoms in total. The van der Waals surface area contributed by atoms with Gasteiger partial charge in [0.1, 0.15) is 17.8 Å². The second-order valence-corrected chi connectivity index (χ2v) is 11.5. The van der Waals surface area contributed by atoms with Crippen LogP contribution in [0.1, 0.15) is 45.4 Å². The van der Waals surface area contributed by atoms with Crippen LogP contribution in [0.25, 0.3) is 12.3 Å². The quantitative estimate of drug-likeness (QED) is 0.247. The Morgan fingerprint density at radius 2 is 2.00 bits per heavy atom. The van der Waals surface area contributed by atoms with E-state index in [1.807, 2.05) is 0 Å². The molecule has 8 atom stereocenters. The lowest BCUT2D eigenvalue weighted by molar-refractivity contribution is -0.369. The molecule has 2 fully saturated rings. The number of rotatable bonds is 8. The van der Waals surface area contributed by atoms with Gasteiger partial charge in [0, 0.05) is 22.8 Å². The molecule has 0 bridgehead atoms. The Morgan fingerprint density at radius 3 is 2.61 bits per heavy atom. The minimum atomic E-state index is -1.99. The number of carboxylic acid groups (broad SMARTS) is 1. The summed E-state index contributed by atoms with van der Waals surface area (Å²) in [7, 11) is 1.26. The lowest BCUT2D eigenvalue weighted by Gasteiger charge is -2.56. The molecule has 0 aromatic carbocycles. The largest absolute Gasteiger partial charge is 0.661 e. The van der Waals surface area contributed by atoms with Gasteiger partial charge < -0.3 is 44.4 Å². The smallest absolute Gasteiger partial charge is 0.333 e. The number of carbonyl (C=O) groups excluding carboxylic acids is 1. The van der Waals surface area contributed by atoms with E-state index >= 15 is 0 Å². The first-order chi connectivity index (χ1) is 19.6. The van der Waals surface area contributed by atoms with Crippen molar-refractivity contribution in [3.8, 4) is 0 Å². The number of aliphatic carboxylic acids is 1. The van der Waals surface area contributed by atoms with Gasteiger partial charge in [-0.1, -0.05) is 43.3 Å². The summed E-state index contributed by atoms with van der Waals surface area (Å²) in [6.45, 7) is 5.09. The monoisotopic (exact) mass is 572 g/mol. The van der Waals surface area contributed by atoms with Crippen LogP contribution in [-0.2, 0) is 28.5 Å². The van der Waals surface area contributed by atoms with E-state index in [1.54, 1.807) is 37.4 Å². The number of aliphatic hydroxyl groups excluding tert-OH is 2. The molecule has 2 aliphatic heterocycles. The van der Waals surface area contributed by atoms with Crippen molar-refractivity contribution < 1.29 is 49.0 Å². The Balaban J connectivity index is 1.57. The van der Waals surface area contributed by atoms with Crippen molar-refractivity contribution >= 4 is 24.3 Å².